The molecule has 1 aromatic rings. The van der Waals surface area contributed by atoms with Crippen molar-refractivity contribution >= 4 is 29.9 Å². The fraction of sp³-hybridized carbons (Fsp3) is 0.706. The third-order valence-electron chi connectivity index (χ3n) is 4.33. The molecule has 1 aliphatic rings. The van der Waals surface area contributed by atoms with Gasteiger partial charge in [0.2, 0.25) is 0 Å². The summed E-state index contributed by atoms with van der Waals surface area (Å²) < 4.78 is 5.69. The third-order valence-corrected chi connectivity index (χ3v) is 4.33. The van der Waals surface area contributed by atoms with Crippen LogP contribution in [0.5, 0.6) is 0 Å². The zero-order chi connectivity index (χ0) is 16.8. The Labute approximate surface area is 163 Å². The highest BCUT2D eigenvalue weighted by Crippen LogP contribution is 2.15. The van der Waals surface area contributed by atoms with Crippen molar-refractivity contribution < 1.29 is 4.42 Å². The van der Waals surface area contributed by atoms with E-state index < -0.39 is 0 Å². The maximum atomic E-state index is 5.69. The van der Waals surface area contributed by atoms with Gasteiger partial charge in [0.15, 0.2) is 5.96 Å². The lowest BCUT2D eigenvalue weighted by atomic mass is 10.2. The molecule has 1 fully saturated rings. The molecular weight excluding hydrogens is 417 g/mol. The first kappa shape index (κ1) is 21.2. The average molecular weight is 449 g/mol. The third kappa shape index (κ3) is 6.25. The minimum absolute atomic E-state index is 0. The lowest BCUT2D eigenvalue weighted by molar-refractivity contribution is 0.119. The molecule has 2 rings (SSSR count). The first-order valence-electron chi connectivity index (χ1n) is 8.49. The van der Waals surface area contributed by atoms with Crippen LogP contribution in [-0.2, 0) is 0 Å². The molecule has 24 heavy (non-hydrogen) atoms. The molecule has 0 bridgehead atoms. The average Bonchev–Trinajstić information content (AvgIpc) is 2.95. The summed E-state index contributed by atoms with van der Waals surface area (Å²) in [6, 6.07) is 4.56. The van der Waals surface area contributed by atoms with Gasteiger partial charge in [-0.3, -0.25) is 9.89 Å². The van der Waals surface area contributed by atoms with Gasteiger partial charge >= 0.3 is 0 Å². The Bertz CT molecular complexity index is 519. The molecule has 0 amide bonds. The Morgan fingerprint density at radius 3 is 2.75 bits per heavy atom. The van der Waals surface area contributed by atoms with Crippen LogP contribution in [0.3, 0.4) is 0 Å². The van der Waals surface area contributed by atoms with E-state index in [9.17, 15) is 0 Å². The molecule has 2 unspecified atom stereocenters. The Kier molecular flexibility index (Phi) is 9.07. The predicted octanol–water partition coefficient (Wildman–Crippen LogP) is 2.07. The summed E-state index contributed by atoms with van der Waals surface area (Å²) in [6.45, 7) is 11.1. The lowest BCUT2D eigenvalue weighted by Gasteiger charge is -2.37. The van der Waals surface area contributed by atoms with Gasteiger partial charge in [-0.15, -0.1) is 24.0 Å². The van der Waals surface area contributed by atoms with E-state index in [0.29, 0.717) is 6.04 Å². The van der Waals surface area contributed by atoms with E-state index in [2.05, 4.69) is 48.4 Å². The van der Waals surface area contributed by atoms with Gasteiger partial charge in [-0.2, -0.15) is 0 Å². The largest absolute Gasteiger partial charge is 0.464 e. The van der Waals surface area contributed by atoms with Gasteiger partial charge in [-0.05, 0) is 47.0 Å². The smallest absolute Gasteiger partial charge is 0.191 e. The van der Waals surface area contributed by atoms with Crippen LogP contribution in [0.15, 0.2) is 21.5 Å². The number of guanidine groups is 1. The van der Waals surface area contributed by atoms with Crippen LogP contribution in [0.2, 0.25) is 0 Å². The Morgan fingerprint density at radius 1 is 1.38 bits per heavy atom. The predicted molar refractivity (Wildman–Crippen MR) is 110 cm³/mol. The Balaban J connectivity index is 0.00000288. The quantitative estimate of drug-likeness (QED) is 0.410. The molecule has 0 aromatic carbocycles. The van der Waals surface area contributed by atoms with Crippen molar-refractivity contribution in [1.29, 1.82) is 0 Å². The van der Waals surface area contributed by atoms with Crippen molar-refractivity contribution in [1.82, 2.24) is 20.4 Å². The van der Waals surface area contributed by atoms with E-state index in [1.54, 1.807) is 0 Å². The van der Waals surface area contributed by atoms with Crippen molar-refractivity contribution in [3.05, 3.63) is 23.7 Å². The maximum absolute atomic E-state index is 5.69. The van der Waals surface area contributed by atoms with Gasteiger partial charge in [-0.25, -0.2) is 0 Å². The number of halogens is 1. The first-order valence-corrected chi connectivity index (χ1v) is 8.49. The van der Waals surface area contributed by atoms with Crippen LogP contribution in [0.4, 0.5) is 0 Å². The molecule has 2 heterocycles. The SMILES string of the molecule is CCNC(=NCC1CN(C)CCN1C)NC(C)c1ccc(C)o1.I. The van der Waals surface area contributed by atoms with Crippen molar-refractivity contribution in [3.8, 4) is 0 Å². The molecule has 0 saturated carbocycles. The van der Waals surface area contributed by atoms with Gasteiger partial charge < -0.3 is 20.0 Å². The highest BCUT2D eigenvalue weighted by molar-refractivity contribution is 14.0. The molecule has 1 aromatic heterocycles. The molecule has 138 valence electrons. The monoisotopic (exact) mass is 449 g/mol. The van der Waals surface area contributed by atoms with E-state index in [1.807, 2.05) is 19.1 Å². The number of nitrogens with zero attached hydrogens (tertiary/aromatic N) is 3. The number of nitrogens with one attached hydrogen (secondary N) is 2. The van der Waals surface area contributed by atoms with E-state index in [0.717, 1.165) is 50.2 Å². The number of aryl methyl sites for hydroxylation is 1. The van der Waals surface area contributed by atoms with E-state index in [-0.39, 0.29) is 30.0 Å². The Morgan fingerprint density at radius 2 is 2.12 bits per heavy atom. The molecule has 1 aliphatic heterocycles. The van der Waals surface area contributed by atoms with E-state index >= 15 is 0 Å². The zero-order valence-corrected chi connectivity index (χ0v) is 17.8. The molecular formula is C17H32IN5O. The van der Waals surface area contributed by atoms with Gasteiger partial charge in [0, 0.05) is 32.2 Å². The van der Waals surface area contributed by atoms with Gasteiger partial charge in [0.1, 0.15) is 11.5 Å². The molecule has 0 spiro atoms. The second-order valence-corrected chi connectivity index (χ2v) is 6.43. The standard InChI is InChI=1S/C17H31N5O.HI/c1-6-18-17(20-14(3)16-8-7-13(2)23-16)19-11-15-12-21(4)9-10-22(15)5;/h7-8,14-15H,6,9-12H2,1-5H3,(H2,18,19,20);1H. The first-order chi connectivity index (χ1) is 11.0. The van der Waals surface area contributed by atoms with Crippen LogP contribution in [0.25, 0.3) is 0 Å². The summed E-state index contributed by atoms with van der Waals surface area (Å²) in [6.07, 6.45) is 0. The van der Waals surface area contributed by atoms with Gasteiger partial charge in [0.25, 0.3) is 0 Å². The second-order valence-electron chi connectivity index (χ2n) is 6.43. The summed E-state index contributed by atoms with van der Waals surface area (Å²) in [5.74, 6) is 2.71. The minimum Gasteiger partial charge on any atom is -0.464 e. The van der Waals surface area contributed by atoms with Crippen LogP contribution < -0.4 is 10.6 Å². The molecule has 0 radical (unpaired) electrons. The highest BCUT2D eigenvalue weighted by atomic mass is 127. The summed E-state index contributed by atoms with van der Waals surface area (Å²) in [4.78, 5) is 9.54. The highest BCUT2D eigenvalue weighted by Gasteiger charge is 2.22. The number of rotatable bonds is 5. The molecule has 2 N–H and O–H groups in total. The van der Waals surface area contributed by atoms with Crippen molar-refractivity contribution in [2.75, 3.05) is 46.8 Å². The van der Waals surface area contributed by atoms with Crippen LogP contribution >= 0.6 is 24.0 Å². The van der Waals surface area contributed by atoms with Crippen molar-refractivity contribution in [2.24, 2.45) is 4.99 Å². The van der Waals surface area contributed by atoms with Crippen LogP contribution in [0.1, 0.15) is 31.4 Å². The molecule has 1 saturated heterocycles. The second kappa shape index (κ2) is 10.2. The van der Waals surface area contributed by atoms with Crippen LogP contribution in [-0.4, -0.2) is 68.6 Å². The normalized spacial score (nSPS) is 21.2. The van der Waals surface area contributed by atoms with Crippen LogP contribution in [0, 0.1) is 6.92 Å². The molecule has 7 heteroatoms. The van der Waals surface area contributed by atoms with E-state index in [4.69, 9.17) is 9.41 Å². The number of hydrogen-bond donors (Lipinski definition) is 2. The summed E-state index contributed by atoms with van der Waals surface area (Å²) in [5, 5.41) is 6.75. The number of aliphatic imine (C=N–C) groups is 1. The van der Waals surface area contributed by atoms with Crippen molar-refractivity contribution in [2.45, 2.75) is 32.9 Å². The maximum Gasteiger partial charge on any atom is 0.191 e. The van der Waals surface area contributed by atoms with Gasteiger partial charge in [-0.1, -0.05) is 0 Å². The topological polar surface area (TPSA) is 56.0 Å². The molecule has 0 aliphatic carbocycles. The number of piperazine rings is 1. The summed E-state index contributed by atoms with van der Waals surface area (Å²) in [5.41, 5.74) is 0. The molecule has 6 nitrogen and oxygen atoms in total. The number of likely N-dealkylation sites (N-methyl/N-ethyl adjacent to an activating group) is 2. The lowest BCUT2D eigenvalue weighted by Crippen LogP contribution is -2.51. The zero-order valence-electron chi connectivity index (χ0n) is 15.5. The number of furan rings is 1. The summed E-state index contributed by atoms with van der Waals surface area (Å²) in [7, 11) is 4.36. The fourth-order valence-electron chi connectivity index (χ4n) is 2.78. The Hall–Kier alpha value is -0.800. The number of hydrogen-bond acceptors (Lipinski definition) is 4. The summed E-state index contributed by atoms with van der Waals surface area (Å²) >= 11 is 0. The molecule has 2 atom stereocenters. The minimum atomic E-state index is 0. The van der Waals surface area contributed by atoms with Crippen molar-refractivity contribution in [3.63, 3.8) is 0 Å². The van der Waals surface area contributed by atoms with E-state index in [1.165, 1.54) is 0 Å². The fourth-order valence-corrected chi connectivity index (χ4v) is 2.78. The van der Waals surface area contributed by atoms with Gasteiger partial charge in [0.05, 0.1) is 12.6 Å².